The second kappa shape index (κ2) is 10.2. The fraction of sp³-hybridized carbons (Fsp3) is 0.208. The average molecular weight is 457 g/mol. The predicted octanol–water partition coefficient (Wildman–Crippen LogP) is 4.74. The van der Waals surface area contributed by atoms with E-state index in [2.05, 4.69) is 0 Å². The van der Waals surface area contributed by atoms with Crippen LogP contribution in [0, 0.1) is 0 Å². The van der Waals surface area contributed by atoms with E-state index in [1.807, 2.05) is 6.92 Å². The Morgan fingerprint density at radius 2 is 1.62 bits per heavy atom. The van der Waals surface area contributed by atoms with E-state index in [0.29, 0.717) is 35.2 Å². The number of sulfone groups is 1. The molecule has 0 heterocycles. The van der Waals surface area contributed by atoms with Gasteiger partial charge >= 0.3 is 5.97 Å². The molecule has 3 rings (SSSR count). The molecule has 0 fully saturated rings. The molecule has 3 aromatic carbocycles. The van der Waals surface area contributed by atoms with Gasteiger partial charge in [0.05, 0.1) is 29.9 Å². The molecule has 3 aromatic rings. The smallest absolute Gasteiger partial charge is 0.307 e. The molecule has 0 spiro atoms. The Kier molecular flexibility index (Phi) is 7.37. The van der Waals surface area contributed by atoms with Crippen LogP contribution in [-0.2, 0) is 21.1 Å². The fourth-order valence-corrected chi connectivity index (χ4v) is 4.42. The van der Waals surface area contributed by atoms with E-state index in [1.54, 1.807) is 42.5 Å². The van der Waals surface area contributed by atoms with Crippen molar-refractivity contribution in [2.45, 2.75) is 29.6 Å². The zero-order chi connectivity index (χ0) is 23.1. The van der Waals surface area contributed by atoms with Crippen LogP contribution in [0.4, 0.5) is 0 Å². The average Bonchev–Trinajstić information content (AvgIpc) is 2.77. The molecule has 0 radical (unpaired) electrons. The maximum absolute atomic E-state index is 13.3. The van der Waals surface area contributed by atoms with Gasteiger partial charge in [0.15, 0.2) is 11.5 Å². The van der Waals surface area contributed by atoms with E-state index >= 15 is 0 Å². The minimum Gasteiger partial charge on any atom is -0.494 e. The Bertz CT molecular complexity index is 1200. The summed E-state index contributed by atoms with van der Waals surface area (Å²) in [5.74, 6) is 0.529. The van der Waals surface area contributed by atoms with Crippen LogP contribution in [0.2, 0.25) is 0 Å². The lowest BCUT2D eigenvalue weighted by Crippen LogP contribution is -2.07. The summed E-state index contributed by atoms with van der Waals surface area (Å²) in [7, 11) is -2.44. The second-order valence-electron chi connectivity index (χ2n) is 6.96. The number of benzene rings is 3. The number of rotatable bonds is 10. The number of aliphatic carboxylic acids is 1. The summed E-state index contributed by atoms with van der Waals surface area (Å²) < 4.78 is 43.4. The maximum atomic E-state index is 13.3. The Morgan fingerprint density at radius 1 is 0.906 bits per heavy atom. The van der Waals surface area contributed by atoms with Crippen molar-refractivity contribution in [3.63, 3.8) is 0 Å². The van der Waals surface area contributed by atoms with Crippen LogP contribution in [-0.4, -0.2) is 33.2 Å². The Hall–Kier alpha value is -3.52. The fourth-order valence-electron chi connectivity index (χ4n) is 3.04. The van der Waals surface area contributed by atoms with Crippen LogP contribution in [0.3, 0.4) is 0 Å². The van der Waals surface area contributed by atoms with Gasteiger partial charge in [-0.3, -0.25) is 4.79 Å². The van der Waals surface area contributed by atoms with Gasteiger partial charge in [-0.2, -0.15) is 0 Å². The first-order chi connectivity index (χ1) is 15.3. The molecule has 0 aliphatic rings. The molecule has 0 saturated carbocycles. The number of carbonyl (C=O) groups is 1. The Balaban J connectivity index is 1.98. The first-order valence-electron chi connectivity index (χ1n) is 9.98. The Labute approximate surface area is 187 Å². The van der Waals surface area contributed by atoms with E-state index in [0.717, 1.165) is 6.42 Å². The van der Waals surface area contributed by atoms with Crippen molar-refractivity contribution in [3.8, 4) is 23.0 Å². The van der Waals surface area contributed by atoms with E-state index < -0.39 is 15.8 Å². The highest BCUT2D eigenvalue weighted by Crippen LogP contribution is 2.33. The number of carboxylic acid groups (broad SMARTS) is 1. The summed E-state index contributed by atoms with van der Waals surface area (Å²) in [5, 5.41) is 9.15. The molecule has 7 nitrogen and oxygen atoms in total. The summed E-state index contributed by atoms with van der Waals surface area (Å²) >= 11 is 0. The number of hydrogen-bond acceptors (Lipinski definition) is 6. The summed E-state index contributed by atoms with van der Waals surface area (Å²) in [6.45, 7) is 2.31. The highest BCUT2D eigenvalue weighted by atomic mass is 32.2. The molecule has 0 bridgehead atoms. The summed E-state index contributed by atoms with van der Waals surface area (Å²) in [6, 6.07) is 17.4. The van der Waals surface area contributed by atoms with Crippen molar-refractivity contribution in [3.05, 3.63) is 72.3 Å². The second-order valence-corrected chi connectivity index (χ2v) is 8.91. The van der Waals surface area contributed by atoms with Crippen LogP contribution >= 0.6 is 0 Å². The lowest BCUT2D eigenvalue weighted by Gasteiger charge is -2.13. The molecule has 0 aliphatic heterocycles. The third kappa shape index (κ3) is 5.59. The molecule has 0 unspecified atom stereocenters. The molecule has 0 saturated heterocycles. The van der Waals surface area contributed by atoms with Gasteiger partial charge in [0.1, 0.15) is 11.5 Å². The maximum Gasteiger partial charge on any atom is 0.307 e. The molecule has 0 aromatic heterocycles. The number of hydrogen-bond donors (Lipinski definition) is 1. The normalized spacial score (nSPS) is 11.1. The quantitative estimate of drug-likeness (QED) is 0.470. The predicted molar refractivity (Wildman–Crippen MR) is 119 cm³/mol. The number of methoxy groups -OCH3 is 1. The van der Waals surface area contributed by atoms with E-state index in [1.165, 1.54) is 31.4 Å². The van der Waals surface area contributed by atoms with Gasteiger partial charge in [0, 0.05) is 0 Å². The highest BCUT2D eigenvalue weighted by Gasteiger charge is 2.21. The first-order valence-corrected chi connectivity index (χ1v) is 11.5. The minimum atomic E-state index is -3.96. The van der Waals surface area contributed by atoms with Gasteiger partial charge in [0.2, 0.25) is 9.84 Å². The molecule has 0 atom stereocenters. The van der Waals surface area contributed by atoms with Gasteiger partial charge in [-0.05, 0) is 60.5 Å². The molecule has 168 valence electrons. The van der Waals surface area contributed by atoms with Crippen LogP contribution in [0.15, 0.2) is 76.5 Å². The minimum absolute atomic E-state index is 0.0128. The largest absolute Gasteiger partial charge is 0.494 e. The molecular weight excluding hydrogens is 432 g/mol. The monoisotopic (exact) mass is 456 g/mol. The van der Waals surface area contributed by atoms with Crippen LogP contribution in [0.5, 0.6) is 23.0 Å². The third-order valence-corrected chi connectivity index (χ3v) is 6.22. The summed E-state index contributed by atoms with van der Waals surface area (Å²) in [6.07, 6.45) is 0.413. The first kappa shape index (κ1) is 23.1. The molecular formula is C24H24O7S. The highest BCUT2D eigenvalue weighted by molar-refractivity contribution is 7.91. The molecule has 1 N–H and O–H groups in total. The number of carboxylic acids is 1. The summed E-state index contributed by atoms with van der Waals surface area (Å²) in [4.78, 5) is 11.1. The zero-order valence-corrected chi connectivity index (χ0v) is 18.6. The van der Waals surface area contributed by atoms with Crippen molar-refractivity contribution in [2.24, 2.45) is 0 Å². The van der Waals surface area contributed by atoms with Crippen molar-refractivity contribution >= 4 is 15.8 Å². The van der Waals surface area contributed by atoms with Crippen molar-refractivity contribution in [1.82, 2.24) is 0 Å². The topological polar surface area (TPSA) is 99.1 Å². The van der Waals surface area contributed by atoms with Gasteiger partial charge in [-0.25, -0.2) is 8.42 Å². The lowest BCUT2D eigenvalue weighted by atomic mass is 10.1. The standard InChI is InChI=1S/C24H24O7S/c1-3-11-30-19-12-17(14-24(25)26)13-21(16-19)32(27,28)20-8-6-7-18(15-20)31-23-10-5-4-9-22(23)29-2/h4-10,12-13,15-16H,3,11,14H2,1-2H3,(H,25,26). The van der Waals surface area contributed by atoms with Crippen LogP contribution in [0.25, 0.3) is 0 Å². The molecule has 0 amide bonds. The number of para-hydroxylation sites is 2. The van der Waals surface area contributed by atoms with Crippen LogP contribution < -0.4 is 14.2 Å². The van der Waals surface area contributed by atoms with Crippen molar-refractivity contribution in [2.75, 3.05) is 13.7 Å². The number of ether oxygens (including phenoxy) is 3. The van der Waals surface area contributed by atoms with Crippen molar-refractivity contribution in [1.29, 1.82) is 0 Å². The molecule has 0 aliphatic carbocycles. The SMILES string of the molecule is CCCOc1cc(CC(=O)O)cc(S(=O)(=O)c2cccc(Oc3ccccc3OC)c2)c1. The molecule has 8 heteroatoms. The molecule has 32 heavy (non-hydrogen) atoms. The van der Waals surface area contributed by atoms with Gasteiger partial charge in [-0.15, -0.1) is 0 Å². The van der Waals surface area contributed by atoms with E-state index in [9.17, 15) is 13.2 Å². The third-order valence-electron chi connectivity index (χ3n) is 4.49. The van der Waals surface area contributed by atoms with Crippen molar-refractivity contribution < 1.29 is 32.5 Å². The van der Waals surface area contributed by atoms with Gasteiger partial charge in [0.25, 0.3) is 0 Å². The van der Waals surface area contributed by atoms with E-state index in [4.69, 9.17) is 19.3 Å². The summed E-state index contributed by atoms with van der Waals surface area (Å²) in [5.41, 5.74) is 0.339. The lowest BCUT2D eigenvalue weighted by molar-refractivity contribution is -0.136. The Morgan fingerprint density at radius 3 is 2.31 bits per heavy atom. The van der Waals surface area contributed by atoms with Crippen LogP contribution in [0.1, 0.15) is 18.9 Å². The van der Waals surface area contributed by atoms with E-state index in [-0.39, 0.29) is 16.2 Å². The zero-order valence-electron chi connectivity index (χ0n) is 17.8. The van der Waals surface area contributed by atoms with Gasteiger partial charge in [-0.1, -0.05) is 25.1 Å². The van der Waals surface area contributed by atoms with Gasteiger partial charge < -0.3 is 19.3 Å².